The predicted molar refractivity (Wildman–Crippen MR) is 103 cm³/mol. The largest absolute Gasteiger partial charge is 0.360 e. The van der Waals surface area contributed by atoms with Gasteiger partial charge in [-0.05, 0) is 52.9 Å². The number of hydrogen-bond acceptors (Lipinski definition) is 4. The van der Waals surface area contributed by atoms with Gasteiger partial charge in [0, 0.05) is 16.8 Å². The minimum Gasteiger partial charge on any atom is -0.360 e. The molecule has 0 saturated carbocycles. The lowest BCUT2D eigenvalue weighted by Crippen LogP contribution is -3.10. The minimum absolute atomic E-state index is 0.286. The fourth-order valence-electron chi connectivity index (χ4n) is 3.15. The minimum atomic E-state index is -0.286. The molecule has 138 valence electrons. The van der Waals surface area contributed by atoms with Crippen molar-refractivity contribution in [2.75, 3.05) is 31.1 Å². The zero-order valence-corrected chi connectivity index (χ0v) is 15.3. The summed E-state index contributed by atoms with van der Waals surface area (Å²) in [5.74, 6) is 0.331. The molecule has 1 aromatic heterocycles. The van der Waals surface area contributed by atoms with Crippen LogP contribution < -0.4 is 9.80 Å². The van der Waals surface area contributed by atoms with Crippen molar-refractivity contribution in [2.45, 2.75) is 0 Å². The fourth-order valence-corrected chi connectivity index (χ4v) is 3.33. The van der Waals surface area contributed by atoms with Crippen molar-refractivity contribution in [1.82, 2.24) is 20.2 Å². The quantitative estimate of drug-likeness (QED) is 0.744. The lowest BCUT2D eigenvalue weighted by molar-refractivity contribution is -0.846. The second-order valence-electron chi connectivity index (χ2n) is 6.38. The molecule has 1 saturated heterocycles. The Labute approximate surface area is 161 Å². The first-order valence-electron chi connectivity index (χ1n) is 8.77. The SMILES string of the molecule is Fc1ccc(-n2nnnc2/C=C/[NH+]2CCN(c3cccc(Cl)c3)CC2)cc1. The van der Waals surface area contributed by atoms with Crippen LogP contribution in [-0.4, -0.2) is 46.4 Å². The second-order valence-corrected chi connectivity index (χ2v) is 6.82. The van der Waals surface area contributed by atoms with Crippen LogP contribution >= 0.6 is 11.6 Å². The maximum Gasteiger partial charge on any atom is 0.185 e. The molecule has 2 aromatic carbocycles. The van der Waals surface area contributed by atoms with Crippen molar-refractivity contribution in [2.24, 2.45) is 0 Å². The number of hydrogen-bond donors (Lipinski definition) is 1. The number of rotatable bonds is 4. The Bertz CT molecular complexity index is 931. The molecule has 27 heavy (non-hydrogen) atoms. The average molecular weight is 386 g/mol. The lowest BCUT2D eigenvalue weighted by atomic mass is 10.2. The summed E-state index contributed by atoms with van der Waals surface area (Å²) in [7, 11) is 0. The molecule has 0 unspecified atom stereocenters. The van der Waals surface area contributed by atoms with Gasteiger partial charge in [0.1, 0.15) is 5.82 Å². The molecule has 2 heterocycles. The molecule has 1 N–H and O–H groups in total. The van der Waals surface area contributed by atoms with Crippen LogP contribution in [0.1, 0.15) is 5.82 Å². The van der Waals surface area contributed by atoms with Gasteiger partial charge in [-0.25, -0.2) is 4.39 Å². The molecule has 0 radical (unpaired) electrons. The first kappa shape index (κ1) is 17.6. The van der Waals surface area contributed by atoms with E-state index in [0.717, 1.165) is 42.6 Å². The monoisotopic (exact) mass is 385 g/mol. The van der Waals surface area contributed by atoms with Crippen LogP contribution in [0.3, 0.4) is 0 Å². The van der Waals surface area contributed by atoms with E-state index in [-0.39, 0.29) is 5.82 Å². The van der Waals surface area contributed by atoms with Crippen LogP contribution in [0.15, 0.2) is 54.7 Å². The maximum atomic E-state index is 13.1. The normalized spacial score (nSPS) is 15.6. The summed E-state index contributed by atoms with van der Waals surface area (Å²) in [5, 5.41) is 12.5. The summed E-state index contributed by atoms with van der Waals surface area (Å²) in [5.41, 5.74) is 1.88. The summed E-state index contributed by atoms with van der Waals surface area (Å²) in [6.45, 7) is 3.84. The molecule has 4 rings (SSSR count). The molecule has 0 bridgehead atoms. The Kier molecular flexibility index (Phi) is 5.13. The van der Waals surface area contributed by atoms with Crippen LogP contribution in [0.4, 0.5) is 10.1 Å². The van der Waals surface area contributed by atoms with Gasteiger partial charge in [0.15, 0.2) is 5.82 Å². The highest BCUT2D eigenvalue weighted by atomic mass is 35.5. The number of halogens is 2. The molecule has 1 aliphatic heterocycles. The number of benzene rings is 2. The molecule has 0 amide bonds. The summed E-state index contributed by atoms with van der Waals surface area (Å²) in [6.07, 6.45) is 3.99. The lowest BCUT2D eigenvalue weighted by Gasteiger charge is -2.32. The third-order valence-electron chi connectivity index (χ3n) is 4.61. The molecule has 8 heteroatoms. The van der Waals surface area contributed by atoms with E-state index in [1.807, 2.05) is 24.3 Å². The van der Waals surface area contributed by atoms with Gasteiger partial charge in [0.25, 0.3) is 0 Å². The van der Waals surface area contributed by atoms with Gasteiger partial charge < -0.3 is 9.80 Å². The summed E-state index contributed by atoms with van der Waals surface area (Å²) >= 11 is 6.09. The van der Waals surface area contributed by atoms with Gasteiger partial charge in [-0.15, -0.1) is 5.10 Å². The number of anilines is 1. The van der Waals surface area contributed by atoms with Crippen LogP contribution in [-0.2, 0) is 0 Å². The molecule has 0 spiro atoms. The molecule has 1 fully saturated rings. The van der Waals surface area contributed by atoms with E-state index in [9.17, 15) is 4.39 Å². The predicted octanol–water partition coefficient (Wildman–Crippen LogP) is 1.83. The highest BCUT2D eigenvalue weighted by molar-refractivity contribution is 6.30. The van der Waals surface area contributed by atoms with Gasteiger partial charge in [-0.2, -0.15) is 4.68 Å². The molecule has 6 nitrogen and oxygen atoms in total. The highest BCUT2D eigenvalue weighted by Gasteiger charge is 2.19. The van der Waals surface area contributed by atoms with Crippen molar-refractivity contribution < 1.29 is 9.29 Å². The fraction of sp³-hybridized carbons (Fsp3) is 0.211. The topological polar surface area (TPSA) is 51.3 Å². The van der Waals surface area contributed by atoms with Gasteiger partial charge in [0.2, 0.25) is 0 Å². The average Bonchev–Trinajstić information content (AvgIpc) is 3.16. The van der Waals surface area contributed by atoms with Crippen LogP contribution in [0, 0.1) is 5.82 Å². The first-order valence-corrected chi connectivity index (χ1v) is 9.14. The standard InChI is InChI=1S/C19H18ClFN6/c20-15-2-1-3-18(14-15)26-12-10-25(11-13-26)9-8-19-22-23-24-27(19)17-6-4-16(21)5-7-17/h1-9,14H,10-13H2/p+1/b9-8+. The molecule has 3 aromatic rings. The molecule has 0 atom stereocenters. The van der Waals surface area contributed by atoms with E-state index in [1.165, 1.54) is 17.0 Å². The van der Waals surface area contributed by atoms with Gasteiger partial charge in [-0.1, -0.05) is 17.7 Å². The van der Waals surface area contributed by atoms with E-state index < -0.39 is 0 Å². The smallest absolute Gasteiger partial charge is 0.185 e. The summed E-state index contributed by atoms with van der Waals surface area (Å²) in [6, 6.07) is 14.0. The zero-order valence-electron chi connectivity index (χ0n) is 14.6. The number of quaternary nitrogens is 1. The van der Waals surface area contributed by atoms with Gasteiger partial charge in [-0.3, -0.25) is 0 Å². The third kappa shape index (κ3) is 4.15. The highest BCUT2D eigenvalue weighted by Crippen LogP contribution is 2.19. The van der Waals surface area contributed by atoms with Gasteiger partial charge in [0.05, 0.1) is 38.1 Å². The van der Waals surface area contributed by atoms with E-state index in [1.54, 1.807) is 16.8 Å². The van der Waals surface area contributed by atoms with E-state index in [2.05, 4.69) is 32.7 Å². The summed E-state index contributed by atoms with van der Waals surface area (Å²) < 4.78 is 14.7. The number of nitrogens with zero attached hydrogens (tertiary/aromatic N) is 5. The zero-order chi connectivity index (χ0) is 18.6. The Hall–Kier alpha value is -2.77. The van der Waals surface area contributed by atoms with Gasteiger partial charge >= 0.3 is 0 Å². The number of tetrazole rings is 1. The van der Waals surface area contributed by atoms with E-state index in [4.69, 9.17) is 11.6 Å². The van der Waals surface area contributed by atoms with Crippen molar-refractivity contribution in [3.63, 3.8) is 0 Å². The van der Waals surface area contributed by atoms with Crippen molar-refractivity contribution in [1.29, 1.82) is 0 Å². The number of piperazine rings is 1. The molecular weight excluding hydrogens is 367 g/mol. The van der Waals surface area contributed by atoms with Crippen LogP contribution in [0.5, 0.6) is 0 Å². The Morgan fingerprint density at radius 1 is 1.04 bits per heavy atom. The molecular formula is C19H19ClFN6+. The first-order chi connectivity index (χ1) is 13.2. The van der Waals surface area contributed by atoms with Crippen molar-refractivity contribution in [3.05, 3.63) is 71.4 Å². The van der Waals surface area contributed by atoms with Crippen molar-refractivity contribution in [3.8, 4) is 5.69 Å². The van der Waals surface area contributed by atoms with Crippen molar-refractivity contribution >= 4 is 23.4 Å². The Morgan fingerprint density at radius 3 is 2.56 bits per heavy atom. The summed E-state index contributed by atoms with van der Waals surface area (Å²) in [4.78, 5) is 3.69. The van der Waals surface area contributed by atoms with Crippen LogP contribution in [0.25, 0.3) is 11.8 Å². The molecule has 0 aliphatic carbocycles. The van der Waals surface area contributed by atoms with E-state index in [0.29, 0.717) is 5.82 Å². The number of aromatic nitrogens is 4. The van der Waals surface area contributed by atoms with Crippen LogP contribution in [0.2, 0.25) is 5.02 Å². The number of nitrogens with one attached hydrogen (secondary N) is 1. The third-order valence-corrected chi connectivity index (χ3v) is 4.85. The maximum absolute atomic E-state index is 13.1. The Balaban J connectivity index is 1.40. The van der Waals surface area contributed by atoms with E-state index >= 15 is 0 Å². The second kappa shape index (κ2) is 7.85. The molecule has 1 aliphatic rings. The Morgan fingerprint density at radius 2 is 1.81 bits per heavy atom.